The number of unbranched alkanes of at least 4 members (excludes halogenated alkanes) is 5. The van der Waals surface area contributed by atoms with Crippen LogP contribution in [0.5, 0.6) is 0 Å². The minimum atomic E-state index is 0.242. The molecule has 0 saturated heterocycles. The molecule has 1 aromatic heterocycles. The molecule has 0 bridgehead atoms. The summed E-state index contributed by atoms with van der Waals surface area (Å²) in [6.45, 7) is 5.49. The average molecular weight is 340 g/mol. The zero-order valence-corrected chi connectivity index (χ0v) is 15.2. The highest BCUT2D eigenvalue weighted by Crippen LogP contribution is 2.27. The summed E-state index contributed by atoms with van der Waals surface area (Å²) >= 11 is 0. The van der Waals surface area contributed by atoms with Gasteiger partial charge in [0.2, 0.25) is 0 Å². The van der Waals surface area contributed by atoms with Crippen molar-refractivity contribution in [2.24, 2.45) is 0 Å². The number of hydrogen-bond acceptors (Lipinski definition) is 3. The van der Waals surface area contributed by atoms with Gasteiger partial charge in [-0.2, -0.15) is 0 Å². The smallest absolute Gasteiger partial charge is 0.145 e. The number of imidazole rings is 1. The minimum absolute atomic E-state index is 0.242. The highest BCUT2D eigenvalue weighted by Gasteiger charge is 2.29. The summed E-state index contributed by atoms with van der Waals surface area (Å²) in [5.74, 6) is 1.21. The van der Waals surface area contributed by atoms with Gasteiger partial charge in [0.15, 0.2) is 0 Å². The van der Waals surface area contributed by atoms with Gasteiger partial charge in [0, 0.05) is 6.54 Å². The second kappa shape index (κ2) is 7.72. The van der Waals surface area contributed by atoms with Crippen LogP contribution in [0.1, 0.15) is 56.8 Å². The maximum Gasteiger partial charge on any atom is 0.145 e. The van der Waals surface area contributed by atoms with Crippen molar-refractivity contribution >= 4 is 22.4 Å². The molecule has 0 radical (unpaired) electrons. The van der Waals surface area contributed by atoms with E-state index in [1.54, 1.807) is 0 Å². The summed E-state index contributed by atoms with van der Waals surface area (Å²) in [4.78, 5) is 9.76. The third kappa shape index (κ3) is 3.86. The van der Waals surface area contributed by atoms with Gasteiger partial charge in [-0.15, -0.1) is 0 Å². The van der Waals surface area contributed by atoms with E-state index in [1.807, 2.05) is 30.0 Å². The van der Waals surface area contributed by atoms with Crippen molar-refractivity contribution in [2.45, 2.75) is 52.4 Å². The van der Waals surface area contributed by atoms with Crippen molar-refractivity contribution < 1.29 is 5.11 Å². The first-order valence-electron chi connectivity index (χ1n) is 9.33. The number of aromatic amines is 1. The highest BCUT2D eigenvalue weighted by molar-refractivity contribution is 6.23. The summed E-state index contributed by atoms with van der Waals surface area (Å²) in [6.07, 6.45) is 7.35. The van der Waals surface area contributed by atoms with E-state index >= 15 is 0 Å². The molecule has 1 aliphatic heterocycles. The molecule has 0 atom stereocenters. The average Bonchev–Trinajstić information content (AvgIpc) is 3.10. The van der Waals surface area contributed by atoms with Crippen LogP contribution < -0.4 is 0 Å². The maximum atomic E-state index is 10.4. The molecule has 0 fully saturated rings. The number of hydrogen-bond donors (Lipinski definition) is 3. The molecule has 5 heteroatoms. The molecule has 0 saturated carbocycles. The molecule has 0 amide bonds. The van der Waals surface area contributed by atoms with Crippen LogP contribution in [0.25, 0.3) is 16.6 Å². The normalized spacial score (nSPS) is 15.0. The third-order valence-corrected chi connectivity index (χ3v) is 4.84. The predicted molar refractivity (Wildman–Crippen MR) is 103 cm³/mol. The van der Waals surface area contributed by atoms with Gasteiger partial charge in [-0.05, 0) is 31.0 Å². The molecule has 0 unspecified atom stereocenters. The van der Waals surface area contributed by atoms with Crippen LogP contribution in [0, 0.1) is 12.3 Å². The second-order valence-corrected chi connectivity index (χ2v) is 6.97. The number of amidine groups is 1. The number of rotatable bonds is 8. The maximum absolute atomic E-state index is 10.4. The summed E-state index contributed by atoms with van der Waals surface area (Å²) < 4.78 is 0. The van der Waals surface area contributed by atoms with Gasteiger partial charge in [0.05, 0.1) is 23.2 Å². The lowest BCUT2D eigenvalue weighted by atomic mass is 10.1. The molecule has 3 N–H and O–H groups in total. The van der Waals surface area contributed by atoms with Crippen molar-refractivity contribution in [1.82, 2.24) is 14.9 Å². The second-order valence-electron chi connectivity index (χ2n) is 6.97. The Labute approximate surface area is 149 Å². The van der Waals surface area contributed by atoms with Gasteiger partial charge in [-0.25, -0.2) is 4.98 Å². The number of nitrogens with zero attached hydrogens (tertiary/aromatic N) is 2. The predicted octanol–water partition coefficient (Wildman–Crippen LogP) is 4.79. The number of H-pyrrole nitrogens is 1. The minimum Gasteiger partial charge on any atom is -0.510 e. The Morgan fingerprint density at radius 2 is 1.96 bits per heavy atom. The molecule has 25 heavy (non-hydrogen) atoms. The fourth-order valence-corrected chi connectivity index (χ4v) is 3.40. The lowest BCUT2D eigenvalue weighted by molar-refractivity contribution is 0.344. The van der Waals surface area contributed by atoms with Crippen molar-refractivity contribution in [3.05, 3.63) is 35.3 Å². The van der Waals surface area contributed by atoms with E-state index in [9.17, 15) is 5.11 Å². The zero-order valence-electron chi connectivity index (χ0n) is 15.2. The van der Waals surface area contributed by atoms with Gasteiger partial charge in [-0.1, -0.05) is 45.1 Å². The first-order valence-corrected chi connectivity index (χ1v) is 9.33. The number of aliphatic hydroxyl groups excluding tert-OH is 1. The van der Waals surface area contributed by atoms with E-state index in [0.29, 0.717) is 23.8 Å². The fourth-order valence-electron chi connectivity index (χ4n) is 3.40. The van der Waals surface area contributed by atoms with Crippen LogP contribution in [0.2, 0.25) is 0 Å². The van der Waals surface area contributed by atoms with Crippen LogP contribution in [0.15, 0.2) is 24.0 Å². The Hall–Kier alpha value is -2.30. The molecule has 3 rings (SSSR count). The SMILES string of the molecule is CCCCCCCCN1CC(O)=C(c2nc3ccc(C)cc3[nH]2)C1=N. The molecule has 2 heterocycles. The Kier molecular flexibility index (Phi) is 5.41. The zero-order chi connectivity index (χ0) is 17.8. The van der Waals surface area contributed by atoms with Crippen molar-refractivity contribution in [1.29, 1.82) is 5.41 Å². The Balaban J connectivity index is 1.64. The summed E-state index contributed by atoms with van der Waals surface area (Å²) in [6, 6.07) is 6.02. The largest absolute Gasteiger partial charge is 0.510 e. The molecule has 0 aliphatic carbocycles. The fraction of sp³-hybridized carbons (Fsp3) is 0.500. The lowest BCUT2D eigenvalue weighted by Crippen LogP contribution is -2.27. The van der Waals surface area contributed by atoms with Crippen LogP contribution >= 0.6 is 0 Å². The number of benzene rings is 1. The van der Waals surface area contributed by atoms with E-state index in [0.717, 1.165) is 29.6 Å². The van der Waals surface area contributed by atoms with Crippen LogP contribution in [-0.2, 0) is 0 Å². The quantitative estimate of drug-likeness (QED) is 0.605. The molecular weight excluding hydrogens is 312 g/mol. The van der Waals surface area contributed by atoms with Crippen LogP contribution in [0.4, 0.5) is 0 Å². The Morgan fingerprint density at radius 1 is 1.20 bits per heavy atom. The molecule has 0 spiro atoms. The van der Waals surface area contributed by atoms with Gasteiger partial charge in [0.1, 0.15) is 17.4 Å². The van der Waals surface area contributed by atoms with E-state index < -0.39 is 0 Å². The number of aliphatic hydroxyl groups is 1. The first kappa shape index (κ1) is 17.5. The van der Waals surface area contributed by atoms with Gasteiger partial charge >= 0.3 is 0 Å². The molecule has 5 nitrogen and oxygen atoms in total. The highest BCUT2D eigenvalue weighted by atomic mass is 16.3. The van der Waals surface area contributed by atoms with Crippen molar-refractivity contribution in [2.75, 3.05) is 13.1 Å². The standard InChI is InChI=1S/C20H28N4O/c1-3-4-5-6-7-8-11-24-13-17(25)18(19(24)21)20-22-15-10-9-14(2)12-16(15)23-20/h9-10,12,21,25H,3-8,11,13H2,1-2H3,(H,22,23). The Morgan fingerprint density at radius 3 is 2.76 bits per heavy atom. The van der Waals surface area contributed by atoms with Crippen molar-refractivity contribution in [3.8, 4) is 0 Å². The molecule has 134 valence electrons. The number of aryl methyl sites for hydroxylation is 1. The van der Waals surface area contributed by atoms with Gasteiger partial charge < -0.3 is 15.0 Å². The molecule has 2 aromatic rings. The van der Waals surface area contributed by atoms with E-state index in [4.69, 9.17) is 5.41 Å². The Bertz CT molecular complexity index is 790. The number of nitrogens with one attached hydrogen (secondary N) is 2. The summed E-state index contributed by atoms with van der Waals surface area (Å²) in [5.41, 5.74) is 3.51. The van der Waals surface area contributed by atoms with E-state index in [2.05, 4.69) is 16.9 Å². The van der Waals surface area contributed by atoms with Gasteiger partial charge in [-0.3, -0.25) is 5.41 Å². The number of aromatic nitrogens is 2. The lowest BCUT2D eigenvalue weighted by Gasteiger charge is -2.18. The summed E-state index contributed by atoms with van der Waals surface area (Å²) in [7, 11) is 0. The van der Waals surface area contributed by atoms with Crippen LogP contribution in [0.3, 0.4) is 0 Å². The first-order chi connectivity index (χ1) is 12.1. The van der Waals surface area contributed by atoms with Crippen LogP contribution in [-0.4, -0.2) is 38.9 Å². The molecule has 1 aliphatic rings. The van der Waals surface area contributed by atoms with E-state index in [1.165, 1.54) is 32.1 Å². The third-order valence-electron chi connectivity index (χ3n) is 4.84. The van der Waals surface area contributed by atoms with Gasteiger partial charge in [0.25, 0.3) is 0 Å². The molecule has 1 aromatic carbocycles. The monoisotopic (exact) mass is 340 g/mol. The van der Waals surface area contributed by atoms with Crippen molar-refractivity contribution in [3.63, 3.8) is 0 Å². The molecular formula is C20H28N4O. The topological polar surface area (TPSA) is 76.0 Å². The van der Waals surface area contributed by atoms with E-state index in [-0.39, 0.29) is 5.76 Å². The summed E-state index contributed by atoms with van der Waals surface area (Å²) in [5, 5.41) is 18.8. The number of fused-ring (bicyclic) bond motifs is 1.